The lowest BCUT2D eigenvalue weighted by Gasteiger charge is -2.20. The highest BCUT2D eigenvalue weighted by Crippen LogP contribution is 2.36. The van der Waals surface area contributed by atoms with Gasteiger partial charge in [0.25, 0.3) is 0 Å². The van der Waals surface area contributed by atoms with Gasteiger partial charge >= 0.3 is 0 Å². The molecule has 0 saturated heterocycles. The Morgan fingerprint density at radius 3 is 2.43 bits per heavy atom. The van der Waals surface area contributed by atoms with Crippen LogP contribution in [0, 0.1) is 5.92 Å². The molecule has 4 rings (SSSR count). The van der Waals surface area contributed by atoms with Gasteiger partial charge in [0.05, 0.1) is 21.1 Å². The molecule has 0 unspecified atom stereocenters. The molecule has 2 atom stereocenters. The fraction of sp³-hybridized carbons (Fsp3) is 0.409. The van der Waals surface area contributed by atoms with Gasteiger partial charge in [0.1, 0.15) is 11.6 Å². The maximum Gasteiger partial charge on any atom is 0.233 e. The molecule has 2 aliphatic carbocycles. The van der Waals surface area contributed by atoms with Crippen molar-refractivity contribution in [2.75, 3.05) is 5.32 Å². The Hall–Kier alpha value is -2.25. The van der Waals surface area contributed by atoms with E-state index in [1.165, 1.54) is 6.20 Å². The van der Waals surface area contributed by atoms with Crippen molar-refractivity contribution in [3.05, 3.63) is 53.2 Å². The molecule has 0 bridgehead atoms. The molecule has 2 aliphatic rings. The minimum Gasteiger partial charge on any atom is -0.310 e. The molecule has 1 aromatic heterocycles. The molecule has 158 valence electrons. The number of sulfone groups is 1. The van der Waals surface area contributed by atoms with E-state index in [9.17, 15) is 18.0 Å². The van der Waals surface area contributed by atoms with E-state index in [4.69, 9.17) is 11.6 Å². The molecule has 1 amide bonds. The monoisotopic (exact) mass is 446 g/mol. The van der Waals surface area contributed by atoms with Crippen LogP contribution in [0.25, 0.3) is 0 Å². The number of hydrogen-bond acceptors (Lipinski definition) is 5. The van der Waals surface area contributed by atoms with Crippen LogP contribution in [0.5, 0.6) is 0 Å². The Morgan fingerprint density at radius 1 is 1.13 bits per heavy atom. The number of carbonyl (C=O) groups excluding carboxylic acids is 2. The second kappa shape index (κ2) is 8.47. The summed E-state index contributed by atoms with van der Waals surface area (Å²) in [7, 11) is -3.28. The normalized spacial score (nSPS) is 20.2. The molecular formula is C22H23ClN2O4S. The third-order valence-corrected chi connectivity index (χ3v) is 8.29. The maximum atomic E-state index is 13.1. The average Bonchev–Trinajstić information content (AvgIpc) is 3.51. The molecule has 8 heteroatoms. The first-order valence-corrected chi connectivity index (χ1v) is 12.0. The van der Waals surface area contributed by atoms with Gasteiger partial charge in [-0.3, -0.25) is 9.59 Å². The number of hydrogen-bond donors (Lipinski definition) is 1. The van der Waals surface area contributed by atoms with E-state index >= 15 is 0 Å². The number of nitrogens with zero attached hydrogens (tertiary/aromatic N) is 1. The largest absolute Gasteiger partial charge is 0.310 e. The lowest BCUT2D eigenvalue weighted by molar-refractivity contribution is -0.119. The van der Waals surface area contributed by atoms with Crippen LogP contribution in [-0.2, 0) is 19.4 Å². The summed E-state index contributed by atoms with van der Waals surface area (Å²) in [5.74, 6) is 0.0218. The summed E-state index contributed by atoms with van der Waals surface area (Å²) in [6.45, 7) is 0. The summed E-state index contributed by atoms with van der Waals surface area (Å²) < 4.78 is 24.9. The van der Waals surface area contributed by atoms with Gasteiger partial charge in [-0.2, -0.15) is 0 Å². The van der Waals surface area contributed by atoms with Crippen LogP contribution in [0.1, 0.15) is 50.0 Å². The van der Waals surface area contributed by atoms with E-state index < -0.39 is 15.8 Å². The Balaban J connectivity index is 1.56. The third-order valence-electron chi connectivity index (χ3n) is 5.79. The maximum absolute atomic E-state index is 13.1. The van der Waals surface area contributed by atoms with Crippen molar-refractivity contribution < 1.29 is 18.0 Å². The third kappa shape index (κ3) is 4.73. The van der Waals surface area contributed by atoms with Crippen LogP contribution in [-0.4, -0.2) is 30.3 Å². The Morgan fingerprint density at radius 2 is 1.87 bits per heavy atom. The number of anilines is 1. The van der Waals surface area contributed by atoms with Crippen molar-refractivity contribution in [3.63, 3.8) is 0 Å². The molecule has 0 radical (unpaired) electrons. The summed E-state index contributed by atoms with van der Waals surface area (Å²) in [4.78, 5) is 29.2. The van der Waals surface area contributed by atoms with E-state index in [-0.39, 0.29) is 22.9 Å². The van der Waals surface area contributed by atoms with Gasteiger partial charge in [0.2, 0.25) is 5.91 Å². The van der Waals surface area contributed by atoms with E-state index in [0.29, 0.717) is 47.8 Å². The Kier molecular flexibility index (Phi) is 5.93. The number of pyridine rings is 1. The summed E-state index contributed by atoms with van der Waals surface area (Å²) >= 11 is 5.86. The summed E-state index contributed by atoms with van der Waals surface area (Å²) in [5, 5.41) is 3.01. The minimum atomic E-state index is -3.28. The molecule has 2 aromatic rings. The highest BCUT2D eigenvalue weighted by Gasteiger charge is 2.37. The first kappa shape index (κ1) is 21.0. The zero-order valence-electron chi connectivity index (χ0n) is 16.4. The van der Waals surface area contributed by atoms with Gasteiger partial charge in [-0.15, -0.1) is 0 Å². The highest BCUT2D eigenvalue weighted by molar-refractivity contribution is 7.92. The fourth-order valence-electron chi connectivity index (χ4n) is 3.94. The standard InChI is InChI=1S/C22H23ClN2O4S/c23-16-4-10-21(24-13-16)25-22(27)20(12-14-1-5-17(26)11-14)15-2-6-18(7-3-15)30(28,29)19-8-9-19/h2-4,6-7,10,13-14,19-20H,1,5,8-9,11-12H2,(H,24,25,27)/t14-,20+/m0/s1. The van der Waals surface area contributed by atoms with Crippen LogP contribution >= 0.6 is 11.6 Å². The molecule has 30 heavy (non-hydrogen) atoms. The SMILES string of the molecule is O=C1CC[C@H](C[C@@H](C(=O)Nc2ccc(Cl)cn2)c2ccc(S(=O)(=O)C3CC3)cc2)C1. The average molecular weight is 447 g/mol. The fourth-order valence-corrected chi connectivity index (χ4v) is 5.71. The smallest absolute Gasteiger partial charge is 0.233 e. The highest BCUT2D eigenvalue weighted by atomic mass is 35.5. The number of amides is 1. The van der Waals surface area contributed by atoms with Crippen molar-refractivity contribution in [1.29, 1.82) is 0 Å². The predicted molar refractivity (Wildman–Crippen MR) is 114 cm³/mol. The molecule has 1 N–H and O–H groups in total. The number of carbonyl (C=O) groups is 2. The van der Waals surface area contributed by atoms with Crippen molar-refractivity contribution in [3.8, 4) is 0 Å². The molecule has 1 aromatic carbocycles. The summed E-state index contributed by atoms with van der Waals surface area (Å²) in [5.41, 5.74) is 0.732. The first-order chi connectivity index (χ1) is 14.3. The van der Waals surface area contributed by atoms with Crippen molar-refractivity contribution >= 4 is 38.9 Å². The quantitative estimate of drug-likeness (QED) is 0.689. The molecule has 2 fully saturated rings. The van der Waals surface area contributed by atoms with Gasteiger partial charge in [-0.05, 0) is 61.4 Å². The molecule has 0 spiro atoms. The number of aromatic nitrogens is 1. The molecule has 6 nitrogen and oxygen atoms in total. The van der Waals surface area contributed by atoms with Crippen LogP contribution in [0.15, 0.2) is 47.5 Å². The number of halogens is 1. The molecule has 1 heterocycles. The topological polar surface area (TPSA) is 93.2 Å². The van der Waals surface area contributed by atoms with Gasteiger partial charge in [-0.25, -0.2) is 13.4 Å². The van der Waals surface area contributed by atoms with Gasteiger partial charge < -0.3 is 5.32 Å². The van der Waals surface area contributed by atoms with Gasteiger partial charge in [-0.1, -0.05) is 23.7 Å². The second-order valence-corrected chi connectivity index (χ2v) is 10.8. The summed E-state index contributed by atoms with van der Waals surface area (Å²) in [6, 6.07) is 9.87. The van der Waals surface area contributed by atoms with Crippen molar-refractivity contribution in [2.45, 2.75) is 54.6 Å². The van der Waals surface area contributed by atoms with E-state index in [2.05, 4.69) is 10.3 Å². The Labute approximate surface area is 181 Å². The zero-order chi connectivity index (χ0) is 21.3. The number of nitrogens with one attached hydrogen (secondary N) is 1. The van der Waals surface area contributed by atoms with Crippen molar-refractivity contribution in [1.82, 2.24) is 4.98 Å². The number of Topliss-reactive ketones (excluding diaryl/α,β-unsaturated/α-hetero) is 1. The molecule has 2 saturated carbocycles. The van der Waals surface area contributed by atoms with Crippen molar-refractivity contribution in [2.24, 2.45) is 5.92 Å². The van der Waals surface area contributed by atoms with E-state index in [1.54, 1.807) is 36.4 Å². The number of rotatable bonds is 7. The number of ketones is 1. The lowest BCUT2D eigenvalue weighted by Crippen LogP contribution is -2.23. The second-order valence-electron chi connectivity index (χ2n) is 8.10. The number of benzene rings is 1. The van der Waals surface area contributed by atoms with Gasteiger partial charge in [0, 0.05) is 19.0 Å². The van der Waals surface area contributed by atoms with Crippen LogP contribution in [0.2, 0.25) is 5.02 Å². The zero-order valence-corrected chi connectivity index (χ0v) is 18.0. The first-order valence-electron chi connectivity index (χ1n) is 10.1. The lowest BCUT2D eigenvalue weighted by atomic mass is 9.87. The minimum absolute atomic E-state index is 0.140. The van der Waals surface area contributed by atoms with Crippen LogP contribution in [0.4, 0.5) is 5.82 Å². The summed E-state index contributed by atoms with van der Waals surface area (Å²) in [6.07, 6.45) is 5.21. The van der Waals surface area contributed by atoms with Crippen LogP contribution < -0.4 is 5.32 Å². The van der Waals surface area contributed by atoms with E-state index in [1.807, 2.05) is 0 Å². The predicted octanol–water partition coefficient (Wildman–Crippen LogP) is 4.15. The molecular weight excluding hydrogens is 424 g/mol. The molecule has 0 aliphatic heterocycles. The van der Waals surface area contributed by atoms with E-state index in [0.717, 1.165) is 12.0 Å². The van der Waals surface area contributed by atoms with Crippen LogP contribution in [0.3, 0.4) is 0 Å². The van der Waals surface area contributed by atoms with Gasteiger partial charge in [0.15, 0.2) is 9.84 Å². The Bertz CT molecular complexity index is 1050.